The van der Waals surface area contributed by atoms with Crippen LogP contribution in [-0.4, -0.2) is 48.7 Å². The molecule has 0 unspecified atom stereocenters. The van der Waals surface area contributed by atoms with E-state index >= 15 is 0 Å². The number of rotatable bonds is 7. The van der Waals surface area contributed by atoms with E-state index in [1.165, 1.54) is 20.7 Å². The number of anilines is 1. The molecule has 2 aromatic carbocycles. The Morgan fingerprint density at radius 1 is 0.947 bits per heavy atom. The lowest BCUT2D eigenvalue weighted by Gasteiger charge is -2.35. The number of nitrogens with zero attached hydrogens (tertiary/aromatic N) is 4. The summed E-state index contributed by atoms with van der Waals surface area (Å²) >= 11 is 18.0. The first-order chi connectivity index (χ1) is 18.3. The Hall–Kier alpha value is -1.86. The number of halogens is 3. The van der Waals surface area contributed by atoms with E-state index in [1.54, 1.807) is 6.20 Å². The molecule has 0 N–H and O–H groups in total. The fourth-order valence-electron chi connectivity index (χ4n) is 4.13. The molecular weight excluding hydrogens is 651 g/mol. The molecule has 0 saturated carbocycles. The Kier molecular flexibility index (Phi) is 8.54. The second-order valence-corrected chi connectivity index (χ2v) is 14.2. The molecular formula is C25H21BrCl2N4O3S3. The highest BCUT2D eigenvalue weighted by Gasteiger charge is 2.35. The third kappa shape index (κ3) is 5.56. The van der Waals surface area contributed by atoms with Crippen molar-refractivity contribution in [2.45, 2.75) is 15.5 Å². The van der Waals surface area contributed by atoms with Crippen LogP contribution in [0.1, 0.15) is 5.56 Å². The highest BCUT2D eigenvalue weighted by molar-refractivity contribution is 9.10. The molecule has 5 rings (SSSR count). The second-order valence-electron chi connectivity index (χ2n) is 8.37. The fraction of sp³-hybridized carbons (Fsp3) is 0.200. The number of hydrogen-bond acceptors (Lipinski definition) is 7. The maximum absolute atomic E-state index is 13.7. The van der Waals surface area contributed by atoms with Gasteiger partial charge in [0.2, 0.25) is 10.0 Å². The molecule has 1 aliphatic heterocycles. The summed E-state index contributed by atoms with van der Waals surface area (Å²) in [4.78, 5) is 16.2. The number of hydrogen-bond donors (Lipinski definition) is 0. The third-order valence-electron chi connectivity index (χ3n) is 6.05. The van der Waals surface area contributed by atoms with E-state index in [4.69, 9.17) is 23.2 Å². The van der Waals surface area contributed by atoms with Crippen molar-refractivity contribution in [3.8, 4) is 5.69 Å². The minimum atomic E-state index is -3.85. The highest BCUT2D eigenvalue weighted by Crippen LogP contribution is 2.44. The molecule has 0 bridgehead atoms. The molecule has 0 radical (unpaired) electrons. The Labute approximate surface area is 247 Å². The van der Waals surface area contributed by atoms with Gasteiger partial charge in [-0.05, 0) is 33.6 Å². The Morgan fingerprint density at radius 3 is 2.18 bits per heavy atom. The molecule has 38 heavy (non-hydrogen) atoms. The van der Waals surface area contributed by atoms with E-state index in [1.807, 2.05) is 65.6 Å². The number of aromatic nitrogens is 2. The second kappa shape index (κ2) is 11.7. The lowest BCUT2D eigenvalue weighted by molar-refractivity contribution is 0.384. The molecule has 13 heteroatoms. The lowest BCUT2D eigenvalue weighted by Crippen LogP contribution is -2.49. The number of thioether (sulfide) groups is 1. The maximum atomic E-state index is 13.7. The largest absolute Gasteiger partial charge is 0.367 e. The van der Waals surface area contributed by atoms with Gasteiger partial charge < -0.3 is 4.90 Å². The molecule has 198 valence electrons. The lowest BCUT2D eigenvalue weighted by atomic mass is 10.2. The van der Waals surface area contributed by atoms with Crippen LogP contribution < -0.4 is 10.5 Å². The van der Waals surface area contributed by atoms with Crippen LogP contribution in [0.3, 0.4) is 0 Å². The quantitative estimate of drug-likeness (QED) is 0.219. The van der Waals surface area contributed by atoms with Gasteiger partial charge in [-0.15, -0.1) is 23.1 Å². The van der Waals surface area contributed by atoms with Crippen LogP contribution >= 0.6 is 62.2 Å². The summed E-state index contributed by atoms with van der Waals surface area (Å²) in [6.45, 7) is 1.23. The first kappa shape index (κ1) is 27.7. The van der Waals surface area contributed by atoms with Crippen LogP contribution in [0.15, 0.2) is 85.9 Å². The molecule has 3 heterocycles. The third-order valence-corrected chi connectivity index (χ3v) is 12.6. The monoisotopic (exact) mass is 670 g/mol. The van der Waals surface area contributed by atoms with E-state index in [0.717, 1.165) is 16.9 Å². The van der Waals surface area contributed by atoms with E-state index in [-0.39, 0.29) is 36.7 Å². The van der Waals surface area contributed by atoms with Gasteiger partial charge in [0.15, 0.2) is 0 Å². The summed E-state index contributed by atoms with van der Waals surface area (Å²) in [7, 11) is -3.85. The zero-order chi connectivity index (χ0) is 26.9. The summed E-state index contributed by atoms with van der Waals surface area (Å²) in [5.41, 5.74) is 2.25. The Balaban J connectivity index is 1.43. The van der Waals surface area contributed by atoms with Gasteiger partial charge >= 0.3 is 0 Å². The standard InChI is InChI=1S/C25H21BrCl2N4O3S3/c26-20-22(24(28)37-23(20)27)38(34,35)31-13-11-30(12-14-31)19-15-29-32(18-9-5-2-6-10-18)25(33)21(19)36-16-17-7-3-1-4-8-17/h1-10,15H,11-14,16H2. The van der Waals surface area contributed by atoms with Gasteiger partial charge in [0.05, 0.1) is 22.0 Å². The number of para-hydroxylation sites is 1. The van der Waals surface area contributed by atoms with Crippen LogP contribution in [-0.2, 0) is 15.8 Å². The molecule has 0 spiro atoms. The molecule has 1 aliphatic rings. The van der Waals surface area contributed by atoms with Crippen molar-refractivity contribution >= 4 is 77.9 Å². The topological polar surface area (TPSA) is 75.5 Å². The first-order valence-electron chi connectivity index (χ1n) is 11.5. The zero-order valence-corrected chi connectivity index (χ0v) is 25.3. The molecule has 1 saturated heterocycles. The summed E-state index contributed by atoms with van der Waals surface area (Å²) < 4.78 is 30.2. The Bertz CT molecular complexity index is 1610. The van der Waals surface area contributed by atoms with Crippen molar-refractivity contribution in [1.29, 1.82) is 0 Å². The molecule has 1 fully saturated rings. The van der Waals surface area contributed by atoms with Crippen molar-refractivity contribution in [3.63, 3.8) is 0 Å². The normalized spacial score (nSPS) is 14.7. The van der Waals surface area contributed by atoms with Gasteiger partial charge in [-0.25, -0.2) is 8.42 Å². The van der Waals surface area contributed by atoms with E-state index in [2.05, 4.69) is 21.0 Å². The molecule has 2 aromatic heterocycles. The molecule has 0 amide bonds. The van der Waals surface area contributed by atoms with Crippen molar-refractivity contribution in [2.75, 3.05) is 31.1 Å². The molecule has 7 nitrogen and oxygen atoms in total. The van der Waals surface area contributed by atoms with E-state index in [9.17, 15) is 13.2 Å². The van der Waals surface area contributed by atoms with Crippen molar-refractivity contribution < 1.29 is 8.42 Å². The fourth-order valence-corrected chi connectivity index (χ4v) is 10.1. The smallest absolute Gasteiger partial charge is 0.287 e. The van der Waals surface area contributed by atoms with Gasteiger partial charge in [0.1, 0.15) is 18.5 Å². The minimum Gasteiger partial charge on any atom is -0.367 e. The zero-order valence-electron chi connectivity index (χ0n) is 19.8. The van der Waals surface area contributed by atoms with E-state index in [0.29, 0.717) is 35.1 Å². The summed E-state index contributed by atoms with van der Waals surface area (Å²) in [6.07, 6.45) is 1.69. The Morgan fingerprint density at radius 2 is 1.58 bits per heavy atom. The van der Waals surface area contributed by atoms with Crippen molar-refractivity contribution in [2.24, 2.45) is 0 Å². The van der Waals surface area contributed by atoms with Gasteiger partial charge in [0, 0.05) is 31.9 Å². The predicted molar refractivity (Wildman–Crippen MR) is 159 cm³/mol. The van der Waals surface area contributed by atoms with Crippen molar-refractivity contribution in [1.82, 2.24) is 14.1 Å². The minimum absolute atomic E-state index is 0.00570. The van der Waals surface area contributed by atoms with E-state index < -0.39 is 10.0 Å². The number of piperazine rings is 1. The van der Waals surface area contributed by atoms with Crippen LogP contribution in [0.2, 0.25) is 8.67 Å². The van der Waals surface area contributed by atoms with Crippen LogP contribution in [0.4, 0.5) is 5.69 Å². The summed E-state index contributed by atoms with van der Waals surface area (Å²) in [5, 5.41) is 4.46. The van der Waals surface area contributed by atoms with Crippen LogP contribution in [0.25, 0.3) is 5.69 Å². The van der Waals surface area contributed by atoms with Crippen molar-refractivity contribution in [3.05, 3.63) is 95.9 Å². The number of sulfonamides is 1. The average molecular weight is 672 g/mol. The van der Waals surface area contributed by atoms with Crippen LogP contribution in [0.5, 0.6) is 0 Å². The van der Waals surface area contributed by atoms with Gasteiger partial charge in [-0.1, -0.05) is 71.7 Å². The average Bonchev–Trinajstić information content (AvgIpc) is 3.20. The highest BCUT2D eigenvalue weighted by atomic mass is 79.9. The van der Waals surface area contributed by atoms with Gasteiger partial charge in [-0.3, -0.25) is 4.79 Å². The molecule has 0 atom stereocenters. The van der Waals surface area contributed by atoms with Crippen LogP contribution in [0, 0.1) is 0 Å². The number of benzene rings is 2. The van der Waals surface area contributed by atoms with Gasteiger partial charge in [-0.2, -0.15) is 14.1 Å². The first-order valence-corrected chi connectivity index (χ1v) is 16.3. The SMILES string of the molecule is O=c1c(SCc2ccccc2)c(N2CCN(S(=O)(=O)c3c(Cl)sc(Cl)c3Br)CC2)cnn1-c1ccccc1. The number of thiophene rings is 1. The van der Waals surface area contributed by atoms with Gasteiger partial charge in [0.25, 0.3) is 5.56 Å². The summed E-state index contributed by atoms with van der Waals surface area (Å²) in [6, 6.07) is 19.2. The molecule has 4 aromatic rings. The predicted octanol–water partition coefficient (Wildman–Crippen LogP) is 6.17. The maximum Gasteiger partial charge on any atom is 0.287 e. The molecule has 0 aliphatic carbocycles. The summed E-state index contributed by atoms with van der Waals surface area (Å²) in [5.74, 6) is 0.613.